The van der Waals surface area contributed by atoms with Crippen molar-refractivity contribution in [3.8, 4) is 5.75 Å². The van der Waals surface area contributed by atoms with Crippen LogP contribution in [0.5, 0.6) is 5.75 Å². The van der Waals surface area contributed by atoms with Crippen LogP contribution in [0.25, 0.3) is 0 Å². The summed E-state index contributed by atoms with van der Waals surface area (Å²) in [5.74, 6) is -0.261. The van der Waals surface area contributed by atoms with Crippen LogP contribution in [-0.2, 0) is 16.1 Å². The third-order valence-corrected chi connectivity index (χ3v) is 5.71. The number of benzene rings is 2. The van der Waals surface area contributed by atoms with E-state index < -0.39 is 5.97 Å². The molecule has 1 N–H and O–H groups in total. The van der Waals surface area contributed by atoms with E-state index in [1.54, 1.807) is 5.38 Å². The van der Waals surface area contributed by atoms with Gasteiger partial charge in [-0.05, 0) is 56.5 Å². The average Bonchev–Trinajstić information content (AvgIpc) is 3.22. The van der Waals surface area contributed by atoms with Gasteiger partial charge >= 0.3 is 5.97 Å². The lowest BCUT2D eigenvalue weighted by Gasteiger charge is -2.15. The highest BCUT2D eigenvalue weighted by Crippen LogP contribution is 2.18. The molecule has 0 saturated carbocycles. The number of hydrogen-bond donors (Lipinski definition) is 1. The van der Waals surface area contributed by atoms with Gasteiger partial charge in [0.25, 0.3) is 5.91 Å². The first-order chi connectivity index (χ1) is 14.8. The van der Waals surface area contributed by atoms with Crippen LogP contribution in [-0.4, -0.2) is 23.5 Å². The van der Waals surface area contributed by atoms with E-state index in [0.29, 0.717) is 5.01 Å². The average molecular weight is 439 g/mol. The maximum atomic E-state index is 12.2. The quantitative estimate of drug-likeness (QED) is 0.517. The van der Waals surface area contributed by atoms with Crippen LogP contribution < -0.4 is 10.1 Å². The number of nitrogens with one attached hydrogen (secondary N) is 1. The molecule has 0 radical (unpaired) electrons. The van der Waals surface area contributed by atoms with Gasteiger partial charge in [-0.25, -0.2) is 9.78 Å². The molecule has 3 aromatic rings. The largest absolute Gasteiger partial charge is 0.486 e. The normalized spacial score (nSPS) is 11.6. The number of thiazole rings is 1. The summed E-state index contributed by atoms with van der Waals surface area (Å²) < 4.78 is 10.8. The van der Waals surface area contributed by atoms with Crippen molar-refractivity contribution in [1.82, 2.24) is 10.3 Å². The van der Waals surface area contributed by atoms with Crippen molar-refractivity contribution in [2.24, 2.45) is 0 Å². The topological polar surface area (TPSA) is 77.5 Å². The molecule has 0 bridgehead atoms. The zero-order chi connectivity index (χ0) is 22.4. The van der Waals surface area contributed by atoms with Gasteiger partial charge in [-0.1, -0.05) is 35.9 Å². The van der Waals surface area contributed by atoms with Crippen molar-refractivity contribution in [3.05, 3.63) is 80.8 Å². The second kappa shape index (κ2) is 10.2. The second-order valence-corrected chi connectivity index (χ2v) is 8.38. The summed E-state index contributed by atoms with van der Waals surface area (Å²) in [6.45, 7) is 7.87. The van der Waals surface area contributed by atoms with E-state index in [9.17, 15) is 9.59 Å². The van der Waals surface area contributed by atoms with Crippen LogP contribution in [0.2, 0.25) is 0 Å². The summed E-state index contributed by atoms with van der Waals surface area (Å²) in [6, 6.07) is 13.6. The van der Waals surface area contributed by atoms with E-state index in [-0.39, 0.29) is 30.9 Å². The lowest BCUT2D eigenvalue weighted by Crippen LogP contribution is -2.31. The SMILES string of the molecule is Cc1ccc(OCc2nc(C(=O)OCC(=O)NC(C)c3ccc(C)c(C)c3)cs2)cc1. The second-order valence-electron chi connectivity index (χ2n) is 7.44. The highest BCUT2D eigenvalue weighted by atomic mass is 32.1. The van der Waals surface area contributed by atoms with Crippen molar-refractivity contribution in [3.63, 3.8) is 0 Å². The number of esters is 1. The minimum absolute atomic E-state index is 0.169. The molecule has 162 valence electrons. The fraction of sp³-hybridized carbons (Fsp3) is 0.292. The third kappa shape index (κ3) is 6.39. The van der Waals surface area contributed by atoms with Crippen molar-refractivity contribution in [2.45, 2.75) is 40.3 Å². The first kappa shape index (κ1) is 22.5. The molecule has 6 nitrogen and oxygen atoms in total. The molecule has 1 amide bonds. The predicted octanol–water partition coefficient (Wildman–Crippen LogP) is 4.68. The molecular weight excluding hydrogens is 412 g/mol. The molecule has 2 aromatic carbocycles. The number of rotatable bonds is 8. The molecule has 0 saturated heterocycles. The van der Waals surface area contributed by atoms with Gasteiger partial charge in [0.2, 0.25) is 0 Å². The van der Waals surface area contributed by atoms with Crippen LogP contribution in [0, 0.1) is 20.8 Å². The van der Waals surface area contributed by atoms with Crippen LogP contribution in [0.15, 0.2) is 47.8 Å². The van der Waals surface area contributed by atoms with Crippen LogP contribution in [0.4, 0.5) is 0 Å². The van der Waals surface area contributed by atoms with Gasteiger partial charge in [0.05, 0.1) is 6.04 Å². The lowest BCUT2D eigenvalue weighted by atomic mass is 10.0. The van der Waals surface area contributed by atoms with Gasteiger partial charge in [-0.15, -0.1) is 11.3 Å². The minimum Gasteiger partial charge on any atom is -0.486 e. The maximum absolute atomic E-state index is 12.2. The van der Waals surface area contributed by atoms with Gasteiger partial charge in [0, 0.05) is 5.38 Å². The van der Waals surface area contributed by atoms with Gasteiger partial charge in [-0.3, -0.25) is 4.79 Å². The Kier molecular flexibility index (Phi) is 7.41. The number of aryl methyl sites for hydroxylation is 3. The Balaban J connectivity index is 1.46. The van der Waals surface area contributed by atoms with E-state index in [1.807, 2.05) is 70.2 Å². The molecule has 1 heterocycles. The monoisotopic (exact) mass is 438 g/mol. The van der Waals surface area contributed by atoms with E-state index >= 15 is 0 Å². The molecule has 0 aliphatic heterocycles. The third-order valence-electron chi connectivity index (χ3n) is 4.89. The lowest BCUT2D eigenvalue weighted by molar-refractivity contribution is -0.124. The smallest absolute Gasteiger partial charge is 0.358 e. The fourth-order valence-corrected chi connectivity index (χ4v) is 3.53. The van der Waals surface area contributed by atoms with Gasteiger partial charge in [0.15, 0.2) is 12.3 Å². The van der Waals surface area contributed by atoms with Gasteiger partial charge in [0.1, 0.15) is 17.4 Å². The Morgan fingerprint density at radius 3 is 2.52 bits per heavy atom. The molecular formula is C24H26N2O4S. The molecule has 1 atom stereocenters. The summed E-state index contributed by atoms with van der Waals surface area (Å²) in [7, 11) is 0. The van der Waals surface area contributed by atoms with Crippen molar-refractivity contribution in [1.29, 1.82) is 0 Å². The first-order valence-corrected chi connectivity index (χ1v) is 10.9. The number of hydrogen-bond acceptors (Lipinski definition) is 6. The molecule has 0 aliphatic carbocycles. The fourth-order valence-electron chi connectivity index (χ4n) is 2.86. The van der Waals surface area contributed by atoms with Crippen LogP contribution >= 0.6 is 11.3 Å². The summed E-state index contributed by atoms with van der Waals surface area (Å²) in [4.78, 5) is 28.6. The Hall–Kier alpha value is -3.19. The number of aromatic nitrogens is 1. The van der Waals surface area contributed by atoms with Gasteiger partial charge < -0.3 is 14.8 Å². The number of amides is 1. The van der Waals surface area contributed by atoms with E-state index in [0.717, 1.165) is 22.4 Å². The molecule has 3 rings (SSSR count). The molecule has 31 heavy (non-hydrogen) atoms. The van der Waals surface area contributed by atoms with E-state index in [2.05, 4.69) is 10.3 Å². The molecule has 0 aliphatic rings. The van der Waals surface area contributed by atoms with Gasteiger partial charge in [-0.2, -0.15) is 0 Å². The molecule has 0 fully saturated rings. The first-order valence-electron chi connectivity index (χ1n) is 9.99. The van der Waals surface area contributed by atoms with Crippen molar-refractivity contribution < 1.29 is 19.1 Å². The molecule has 1 unspecified atom stereocenters. The summed E-state index contributed by atoms with van der Waals surface area (Å²) in [6.07, 6.45) is 0. The van der Waals surface area contributed by atoms with E-state index in [4.69, 9.17) is 9.47 Å². The highest BCUT2D eigenvalue weighted by Gasteiger charge is 2.16. The predicted molar refractivity (Wildman–Crippen MR) is 120 cm³/mol. The Labute approximate surface area is 186 Å². The molecule has 7 heteroatoms. The van der Waals surface area contributed by atoms with Crippen LogP contribution in [0.1, 0.15) is 50.7 Å². The number of nitrogens with zero attached hydrogens (tertiary/aromatic N) is 1. The summed E-state index contributed by atoms with van der Waals surface area (Å²) in [5, 5.41) is 5.10. The molecule has 0 spiro atoms. The highest BCUT2D eigenvalue weighted by molar-refractivity contribution is 7.09. The Morgan fingerprint density at radius 2 is 1.81 bits per heavy atom. The van der Waals surface area contributed by atoms with Crippen molar-refractivity contribution >= 4 is 23.2 Å². The summed E-state index contributed by atoms with van der Waals surface area (Å²) in [5.41, 5.74) is 4.68. The minimum atomic E-state index is -0.633. The zero-order valence-electron chi connectivity index (χ0n) is 18.1. The van der Waals surface area contributed by atoms with Crippen LogP contribution in [0.3, 0.4) is 0 Å². The zero-order valence-corrected chi connectivity index (χ0v) is 18.9. The Morgan fingerprint density at radius 1 is 1.06 bits per heavy atom. The number of carbonyl (C=O) groups is 2. The van der Waals surface area contributed by atoms with Crippen molar-refractivity contribution in [2.75, 3.05) is 6.61 Å². The standard InChI is InChI=1S/C24H26N2O4S/c1-15-5-9-20(10-6-15)29-13-23-26-21(14-31-23)24(28)30-12-22(27)25-18(4)19-8-7-16(2)17(3)11-19/h5-11,14,18H,12-13H2,1-4H3,(H,25,27). The van der Waals surface area contributed by atoms with E-state index in [1.165, 1.54) is 16.9 Å². The maximum Gasteiger partial charge on any atom is 0.358 e. The summed E-state index contributed by atoms with van der Waals surface area (Å²) >= 11 is 1.31. The molecule has 1 aromatic heterocycles. The number of ether oxygens (including phenoxy) is 2. The number of carbonyl (C=O) groups excluding carboxylic acids is 2. The Bertz CT molecular complexity index is 1060.